The summed E-state index contributed by atoms with van der Waals surface area (Å²) in [6.07, 6.45) is -9.99. The first-order valence-electron chi connectivity index (χ1n) is 5.70. The summed E-state index contributed by atoms with van der Waals surface area (Å²) in [5.41, 5.74) is 0. The minimum atomic E-state index is -5.56. The molecule has 0 atom stereocenters. The van der Waals surface area contributed by atoms with Crippen LogP contribution in [0.3, 0.4) is 0 Å². The molecule has 0 unspecified atom stereocenters. The summed E-state index contributed by atoms with van der Waals surface area (Å²) in [5.74, 6) is 0.310. The molecule has 1 aliphatic rings. The van der Waals surface area contributed by atoms with Crippen molar-refractivity contribution in [3.63, 3.8) is 0 Å². The molecule has 0 spiro atoms. The molecule has 0 aromatic carbocycles. The van der Waals surface area contributed by atoms with Crippen molar-refractivity contribution >= 4 is 6.03 Å². The molecule has 1 N–H and O–H groups in total. The molecule has 112 valence electrons. The SMILES string of the molecule is CC1CCN(C(=O)NC(C(F)(F)F)C(F)(F)F)CC1. The molecule has 2 amide bonds. The van der Waals surface area contributed by atoms with E-state index in [9.17, 15) is 31.1 Å². The number of hydrogen-bond donors (Lipinski definition) is 1. The van der Waals surface area contributed by atoms with E-state index in [1.54, 1.807) is 0 Å². The summed E-state index contributed by atoms with van der Waals surface area (Å²) in [4.78, 5) is 12.4. The first kappa shape index (κ1) is 15.9. The molecule has 0 bridgehead atoms. The molecule has 1 saturated heterocycles. The monoisotopic (exact) mass is 292 g/mol. The first-order chi connectivity index (χ1) is 8.51. The highest BCUT2D eigenvalue weighted by Gasteiger charge is 2.57. The van der Waals surface area contributed by atoms with Crippen molar-refractivity contribution in [2.45, 2.75) is 38.2 Å². The predicted octanol–water partition coefficient (Wildman–Crippen LogP) is 2.92. The molecular weight excluding hydrogens is 278 g/mol. The van der Waals surface area contributed by atoms with Crippen LogP contribution in [0.5, 0.6) is 0 Å². The van der Waals surface area contributed by atoms with Crippen molar-refractivity contribution in [3.05, 3.63) is 0 Å². The van der Waals surface area contributed by atoms with Crippen LogP contribution in [-0.4, -0.2) is 42.4 Å². The quantitative estimate of drug-likeness (QED) is 0.740. The second kappa shape index (κ2) is 5.46. The Labute approximate surface area is 105 Å². The van der Waals surface area contributed by atoms with Gasteiger partial charge in [0.15, 0.2) is 0 Å². The Balaban J connectivity index is 2.67. The van der Waals surface area contributed by atoms with Crippen LogP contribution in [0.1, 0.15) is 19.8 Å². The lowest BCUT2D eigenvalue weighted by Crippen LogP contribution is -2.58. The lowest BCUT2D eigenvalue weighted by atomic mass is 10.00. The zero-order chi connectivity index (χ0) is 14.8. The molecule has 3 nitrogen and oxygen atoms in total. The normalized spacial score (nSPS) is 18.8. The number of urea groups is 1. The van der Waals surface area contributed by atoms with Gasteiger partial charge >= 0.3 is 18.4 Å². The number of rotatable bonds is 1. The van der Waals surface area contributed by atoms with E-state index in [-0.39, 0.29) is 13.1 Å². The highest BCUT2D eigenvalue weighted by molar-refractivity contribution is 5.74. The van der Waals surface area contributed by atoms with Gasteiger partial charge in [-0.25, -0.2) is 4.79 Å². The molecule has 1 heterocycles. The minimum absolute atomic E-state index is 0.162. The van der Waals surface area contributed by atoms with E-state index in [4.69, 9.17) is 0 Å². The number of piperidine rings is 1. The smallest absolute Gasteiger partial charge is 0.325 e. The standard InChI is InChI=1S/C10H14F6N2O/c1-6-2-4-18(5-3-6)8(19)17-7(9(11,12)13)10(14,15)16/h6-7H,2-5H2,1H3,(H,17,19). The van der Waals surface area contributed by atoms with Gasteiger partial charge in [-0.1, -0.05) is 6.92 Å². The van der Waals surface area contributed by atoms with Gasteiger partial charge in [0, 0.05) is 13.1 Å². The van der Waals surface area contributed by atoms with Crippen LogP contribution in [0.25, 0.3) is 0 Å². The highest BCUT2D eigenvalue weighted by Crippen LogP contribution is 2.33. The van der Waals surface area contributed by atoms with E-state index in [2.05, 4.69) is 0 Å². The molecule has 0 saturated carbocycles. The fourth-order valence-corrected chi connectivity index (χ4v) is 1.78. The van der Waals surface area contributed by atoms with Crippen LogP contribution < -0.4 is 5.32 Å². The Bertz CT molecular complexity index is 305. The summed E-state index contributed by atoms with van der Waals surface area (Å²) < 4.78 is 73.5. The lowest BCUT2D eigenvalue weighted by Gasteiger charge is -2.32. The zero-order valence-corrected chi connectivity index (χ0v) is 10.1. The number of halogens is 6. The van der Waals surface area contributed by atoms with E-state index in [0.717, 1.165) is 10.2 Å². The molecule has 9 heteroatoms. The van der Waals surface area contributed by atoms with E-state index >= 15 is 0 Å². The average Bonchev–Trinajstić information content (AvgIpc) is 2.23. The van der Waals surface area contributed by atoms with E-state index in [0.29, 0.717) is 18.8 Å². The number of likely N-dealkylation sites (tertiary alicyclic amines) is 1. The number of hydrogen-bond acceptors (Lipinski definition) is 1. The Kier molecular flexibility index (Phi) is 4.57. The van der Waals surface area contributed by atoms with Gasteiger partial charge in [0.1, 0.15) is 0 Å². The summed E-state index contributed by atoms with van der Waals surface area (Å²) in [5, 5.41) is 1.02. The molecule has 0 aromatic heterocycles. The molecular formula is C10H14F6N2O. The fraction of sp³-hybridized carbons (Fsp3) is 0.900. The fourth-order valence-electron chi connectivity index (χ4n) is 1.78. The predicted molar refractivity (Wildman–Crippen MR) is 54.4 cm³/mol. The van der Waals surface area contributed by atoms with Crippen LogP contribution in [0.4, 0.5) is 31.1 Å². The van der Waals surface area contributed by atoms with Crippen molar-refractivity contribution in [2.24, 2.45) is 5.92 Å². The second-order valence-electron chi connectivity index (χ2n) is 4.64. The van der Waals surface area contributed by atoms with E-state index < -0.39 is 24.4 Å². The third kappa shape index (κ3) is 4.46. The summed E-state index contributed by atoms with van der Waals surface area (Å²) in [6.45, 7) is 2.23. The van der Waals surface area contributed by atoms with Gasteiger partial charge in [0.2, 0.25) is 6.04 Å². The van der Waals surface area contributed by atoms with Gasteiger partial charge in [-0.05, 0) is 18.8 Å². The van der Waals surface area contributed by atoms with Crippen LogP contribution in [-0.2, 0) is 0 Å². The summed E-state index contributed by atoms with van der Waals surface area (Å²) in [6, 6.07) is -5.15. The maximum absolute atomic E-state index is 12.3. The summed E-state index contributed by atoms with van der Waals surface area (Å²) >= 11 is 0. The van der Waals surface area contributed by atoms with Crippen LogP contribution in [0.15, 0.2) is 0 Å². The maximum atomic E-state index is 12.3. The molecule has 1 fully saturated rings. The minimum Gasteiger partial charge on any atom is -0.325 e. The van der Waals surface area contributed by atoms with Gasteiger partial charge in [-0.3, -0.25) is 0 Å². The molecule has 19 heavy (non-hydrogen) atoms. The van der Waals surface area contributed by atoms with E-state index in [1.807, 2.05) is 6.92 Å². The van der Waals surface area contributed by atoms with Gasteiger partial charge < -0.3 is 10.2 Å². The second-order valence-corrected chi connectivity index (χ2v) is 4.64. The van der Waals surface area contributed by atoms with Crippen LogP contribution in [0.2, 0.25) is 0 Å². The number of alkyl halides is 6. The largest absolute Gasteiger partial charge is 0.417 e. The Hall–Kier alpha value is -1.15. The summed E-state index contributed by atoms with van der Waals surface area (Å²) in [7, 11) is 0. The Morgan fingerprint density at radius 3 is 1.89 bits per heavy atom. The first-order valence-corrected chi connectivity index (χ1v) is 5.70. The zero-order valence-electron chi connectivity index (χ0n) is 10.1. The van der Waals surface area contributed by atoms with Crippen LogP contribution in [0, 0.1) is 5.92 Å². The maximum Gasteiger partial charge on any atom is 0.417 e. The Morgan fingerprint density at radius 2 is 1.53 bits per heavy atom. The number of nitrogens with zero attached hydrogens (tertiary/aromatic N) is 1. The Morgan fingerprint density at radius 1 is 1.11 bits per heavy atom. The van der Waals surface area contributed by atoms with Gasteiger partial charge in [-0.15, -0.1) is 0 Å². The third-order valence-electron chi connectivity index (χ3n) is 2.99. The molecule has 0 radical (unpaired) electrons. The molecule has 1 rings (SSSR count). The molecule has 1 aliphatic heterocycles. The van der Waals surface area contributed by atoms with Crippen molar-refractivity contribution < 1.29 is 31.1 Å². The van der Waals surface area contributed by atoms with Crippen molar-refractivity contribution in [1.82, 2.24) is 10.2 Å². The lowest BCUT2D eigenvalue weighted by molar-refractivity contribution is -0.255. The van der Waals surface area contributed by atoms with Crippen molar-refractivity contribution in [1.29, 1.82) is 0 Å². The van der Waals surface area contributed by atoms with Gasteiger partial charge in [0.05, 0.1) is 0 Å². The number of carbonyl (C=O) groups is 1. The van der Waals surface area contributed by atoms with Crippen molar-refractivity contribution in [2.75, 3.05) is 13.1 Å². The van der Waals surface area contributed by atoms with Gasteiger partial charge in [0.25, 0.3) is 0 Å². The highest BCUT2D eigenvalue weighted by atomic mass is 19.4. The number of nitrogens with one attached hydrogen (secondary N) is 1. The third-order valence-corrected chi connectivity index (χ3v) is 2.99. The topological polar surface area (TPSA) is 32.3 Å². The van der Waals surface area contributed by atoms with E-state index in [1.165, 1.54) is 0 Å². The van der Waals surface area contributed by atoms with Crippen molar-refractivity contribution in [3.8, 4) is 0 Å². The number of amides is 2. The molecule has 0 aliphatic carbocycles. The average molecular weight is 292 g/mol. The van der Waals surface area contributed by atoms with Crippen LogP contribution >= 0.6 is 0 Å². The molecule has 0 aromatic rings. The van der Waals surface area contributed by atoms with Gasteiger partial charge in [-0.2, -0.15) is 26.3 Å². The number of carbonyl (C=O) groups excluding carboxylic acids is 1.